The highest BCUT2D eigenvalue weighted by atomic mass is 32.2. The standard InChI is InChI=1S/C26H23N5O2S/c1-4-33-26-20(14-15-21(27-26)34-19-12-10-16(2)11-13-19)24-28-22-17(3)30-31(23(22)25(32)29-24)18-8-6-5-7-9-18/h5-15H,4H2,1-3H3,(H,28,29,32). The minimum Gasteiger partial charge on any atom is -0.477 e. The quantitative estimate of drug-likeness (QED) is 0.361. The lowest BCUT2D eigenvalue weighted by Gasteiger charge is -2.11. The van der Waals surface area contributed by atoms with Crippen LogP contribution in [0.3, 0.4) is 0 Å². The summed E-state index contributed by atoms with van der Waals surface area (Å²) in [5, 5.41) is 5.36. The lowest BCUT2D eigenvalue weighted by Crippen LogP contribution is -2.13. The smallest absolute Gasteiger partial charge is 0.277 e. The zero-order valence-corrected chi connectivity index (χ0v) is 19.9. The number of rotatable bonds is 6. The van der Waals surface area contributed by atoms with E-state index in [1.165, 1.54) is 5.56 Å². The lowest BCUT2D eigenvalue weighted by atomic mass is 10.2. The van der Waals surface area contributed by atoms with E-state index in [9.17, 15) is 4.79 Å². The van der Waals surface area contributed by atoms with Crippen LogP contribution < -0.4 is 10.3 Å². The maximum absolute atomic E-state index is 13.2. The van der Waals surface area contributed by atoms with Crippen LogP contribution in [0, 0.1) is 13.8 Å². The summed E-state index contributed by atoms with van der Waals surface area (Å²) in [6.45, 7) is 6.25. The maximum atomic E-state index is 13.2. The van der Waals surface area contributed by atoms with Gasteiger partial charge in [-0.1, -0.05) is 47.7 Å². The maximum Gasteiger partial charge on any atom is 0.277 e. The Balaban J connectivity index is 1.58. The van der Waals surface area contributed by atoms with Gasteiger partial charge in [-0.15, -0.1) is 0 Å². The van der Waals surface area contributed by atoms with Crippen molar-refractivity contribution in [2.75, 3.05) is 6.61 Å². The molecule has 34 heavy (non-hydrogen) atoms. The predicted molar refractivity (Wildman–Crippen MR) is 134 cm³/mol. The van der Waals surface area contributed by atoms with Crippen LogP contribution in [0.15, 0.2) is 81.4 Å². The normalized spacial score (nSPS) is 11.1. The van der Waals surface area contributed by atoms with Crippen molar-refractivity contribution in [3.05, 3.63) is 88.3 Å². The van der Waals surface area contributed by atoms with Gasteiger partial charge in [0.25, 0.3) is 5.56 Å². The van der Waals surface area contributed by atoms with Gasteiger partial charge in [-0.2, -0.15) is 5.10 Å². The number of fused-ring (bicyclic) bond motifs is 1. The van der Waals surface area contributed by atoms with E-state index in [2.05, 4.69) is 41.3 Å². The Morgan fingerprint density at radius 2 is 1.74 bits per heavy atom. The van der Waals surface area contributed by atoms with Gasteiger partial charge in [0.2, 0.25) is 5.88 Å². The van der Waals surface area contributed by atoms with E-state index in [-0.39, 0.29) is 5.56 Å². The van der Waals surface area contributed by atoms with Gasteiger partial charge in [0.1, 0.15) is 16.4 Å². The summed E-state index contributed by atoms with van der Waals surface area (Å²) < 4.78 is 7.47. The molecule has 3 heterocycles. The van der Waals surface area contributed by atoms with Crippen LogP contribution in [0.1, 0.15) is 18.2 Å². The summed E-state index contributed by atoms with van der Waals surface area (Å²) in [6.07, 6.45) is 0. The van der Waals surface area contributed by atoms with Gasteiger partial charge >= 0.3 is 0 Å². The van der Waals surface area contributed by atoms with Gasteiger partial charge < -0.3 is 9.72 Å². The third-order valence-electron chi connectivity index (χ3n) is 5.31. The summed E-state index contributed by atoms with van der Waals surface area (Å²) >= 11 is 1.55. The van der Waals surface area contributed by atoms with Gasteiger partial charge in [0.15, 0.2) is 5.52 Å². The third-order valence-corrected chi connectivity index (χ3v) is 6.26. The van der Waals surface area contributed by atoms with E-state index in [0.29, 0.717) is 40.6 Å². The fourth-order valence-electron chi connectivity index (χ4n) is 3.68. The van der Waals surface area contributed by atoms with Crippen LogP contribution in [0.4, 0.5) is 0 Å². The molecule has 7 nitrogen and oxygen atoms in total. The zero-order valence-electron chi connectivity index (χ0n) is 19.1. The second-order valence-corrected chi connectivity index (χ2v) is 8.89. The van der Waals surface area contributed by atoms with Crippen LogP contribution in [0.5, 0.6) is 5.88 Å². The Hall–Kier alpha value is -3.91. The van der Waals surface area contributed by atoms with E-state index >= 15 is 0 Å². The average Bonchev–Trinajstić information content (AvgIpc) is 3.18. The molecule has 170 valence electrons. The van der Waals surface area contributed by atoms with Gasteiger partial charge in [0.05, 0.1) is 23.6 Å². The Bertz CT molecular complexity index is 1530. The highest BCUT2D eigenvalue weighted by Gasteiger charge is 2.19. The van der Waals surface area contributed by atoms with Crippen LogP contribution in [0.25, 0.3) is 28.1 Å². The molecule has 1 N–H and O–H groups in total. The average molecular weight is 470 g/mol. The minimum absolute atomic E-state index is 0.273. The highest BCUT2D eigenvalue weighted by molar-refractivity contribution is 7.99. The van der Waals surface area contributed by atoms with Gasteiger partial charge in [-0.05, 0) is 57.2 Å². The van der Waals surface area contributed by atoms with Crippen molar-refractivity contribution in [3.63, 3.8) is 0 Å². The number of pyridine rings is 1. The van der Waals surface area contributed by atoms with E-state index in [1.54, 1.807) is 16.4 Å². The number of hydrogen-bond donors (Lipinski definition) is 1. The van der Waals surface area contributed by atoms with Crippen molar-refractivity contribution < 1.29 is 4.74 Å². The molecule has 0 aliphatic heterocycles. The molecule has 8 heteroatoms. The third kappa shape index (κ3) is 4.20. The molecular weight excluding hydrogens is 446 g/mol. The fraction of sp³-hybridized carbons (Fsp3) is 0.154. The molecule has 2 aromatic carbocycles. The Morgan fingerprint density at radius 3 is 2.47 bits per heavy atom. The summed E-state index contributed by atoms with van der Waals surface area (Å²) in [5.41, 5.74) is 3.98. The summed E-state index contributed by atoms with van der Waals surface area (Å²) in [5.74, 6) is 0.825. The molecule has 0 saturated heterocycles. The first-order valence-corrected chi connectivity index (χ1v) is 11.8. The number of nitrogens with one attached hydrogen (secondary N) is 1. The van der Waals surface area contributed by atoms with E-state index in [4.69, 9.17) is 14.7 Å². The molecule has 0 unspecified atom stereocenters. The second kappa shape index (κ2) is 9.15. The van der Waals surface area contributed by atoms with E-state index < -0.39 is 0 Å². The molecule has 0 amide bonds. The predicted octanol–water partition coefficient (Wildman–Crippen LogP) is 5.34. The molecule has 0 radical (unpaired) electrons. The Labute approximate surface area is 200 Å². The van der Waals surface area contributed by atoms with E-state index in [1.807, 2.05) is 56.3 Å². The monoisotopic (exact) mass is 469 g/mol. The summed E-state index contributed by atoms with van der Waals surface area (Å²) in [7, 11) is 0. The molecule has 0 atom stereocenters. The first-order chi connectivity index (χ1) is 16.5. The number of ether oxygens (including phenoxy) is 1. The topological polar surface area (TPSA) is 85.7 Å². The fourth-order valence-corrected chi connectivity index (χ4v) is 4.46. The number of H-pyrrole nitrogens is 1. The van der Waals surface area contributed by atoms with Crippen molar-refractivity contribution in [2.45, 2.75) is 30.7 Å². The number of aromatic nitrogens is 5. The SMILES string of the molecule is CCOc1nc(Sc2ccc(C)cc2)ccc1-c1nc2c(C)nn(-c3ccccc3)c2c(=O)[nH]1. The number of nitrogens with zero attached hydrogens (tertiary/aromatic N) is 4. The molecule has 0 saturated carbocycles. The lowest BCUT2D eigenvalue weighted by molar-refractivity contribution is 0.326. The summed E-state index contributed by atoms with van der Waals surface area (Å²) in [6, 6.07) is 21.6. The Kier molecular flexibility index (Phi) is 5.90. The van der Waals surface area contributed by atoms with Gasteiger partial charge in [-0.25, -0.2) is 14.6 Å². The van der Waals surface area contributed by atoms with Crippen molar-refractivity contribution in [1.29, 1.82) is 0 Å². The van der Waals surface area contributed by atoms with Crippen molar-refractivity contribution in [2.24, 2.45) is 0 Å². The molecule has 3 aromatic heterocycles. The highest BCUT2D eigenvalue weighted by Crippen LogP contribution is 2.33. The first kappa shape index (κ1) is 21.9. The molecular formula is C26H23N5O2S. The largest absolute Gasteiger partial charge is 0.477 e. The number of aryl methyl sites for hydroxylation is 2. The molecule has 0 aliphatic carbocycles. The molecule has 0 spiro atoms. The van der Waals surface area contributed by atoms with Crippen molar-refractivity contribution in [1.82, 2.24) is 24.7 Å². The number of hydrogen-bond acceptors (Lipinski definition) is 6. The van der Waals surface area contributed by atoms with Crippen molar-refractivity contribution >= 4 is 22.8 Å². The molecule has 5 rings (SSSR count). The number of para-hydroxylation sites is 1. The first-order valence-electron chi connectivity index (χ1n) is 11.0. The molecule has 0 aliphatic rings. The van der Waals surface area contributed by atoms with Crippen LogP contribution >= 0.6 is 11.8 Å². The van der Waals surface area contributed by atoms with Crippen LogP contribution in [-0.2, 0) is 0 Å². The zero-order chi connectivity index (χ0) is 23.7. The number of benzene rings is 2. The van der Waals surface area contributed by atoms with Gasteiger partial charge in [0, 0.05) is 4.90 Å². The summed E-state index contributed by atoms with van der Waals surface area (Å²) in [4.78, 5) is 26.6. The minimum atomic E-state index is -0.273. The molecule has 0 bridgehead atoms. The molecule has 0 fully saturated rings. The van der Waals surface area contributed by atoms with Crippen LogP contribution in [-0.4, -0.2) is 31.3 Å². The van der Waals surface area contributed by atoms with Gasteiger partial charge in [-0.3, -0.25) is 4.79 Å². The van der Waals surface area contributed by atoms with E-state index in [0.717, 1.165) is 15.6 Å². The second-order valence-electron chi connectivity index (χ2n) is 7.79. The molecule has 5 aromatic rings. The van der Waals surface area contributed by atoms with Crippen LogP contribution in [0.2, 0.25) is 0 Å². The number of aromatic amines is 1. The Morgan fingerprint density at radius 1 is 0.971 bits per heavy atom. The van der Waals surface area contributed by atoms with Crippen molar-refractivity contribution in [3.8, 4) is 23.0 Å².